The third-order valence-electron chi connectivity index (χ3n) is 6.10. The Labute approximate surface area is 227 Å². The normalized spacial score (nSPS) is 11.8. The lowest BCUT2D eigenvalue weighted by Gasteiger charge is -2.16. The number of pyridine rings is 1. The summed E-state index contributed by atoms with van der Waals surface area (Å²) in [5.74, 6) is -3.08. The first-order valence-electron chi connectivity index (χ1n) is 12.0. The zero-order valence-electron chi connectivity index (χ0n) is 21.1. The van der Waals surface area contributed by atoms with E-state index in [0.717, 1.165) is 27.9 Å². The summed E-state index contributed by atoms with van der Waals surface area (Å²) < 4.78 is 29.2. The van der Waals surface area contributed by atoms with Gasteiger partial charge in [-0.05, 0) is 42.8 Å². The summed E-state index contributed by atoms with van der Waals surface area (Å²) in [6.07, 6.45) is 5.13. The predicted octanol–water partition coefficient (Wildman–Crippen LogP) is 5.33. The number of methoxy groups -OCH3 is 1. The number of imidazole rings is 1. The van der Waals surface area contributed by atoms with Crippen LogP contribution in [-0.2, 0) is 16.1 Å². The third kappa shape index (κ3) is 5.16. The van der Waals surface area contributed by atoms with Gasteiger partial charge in [0.1, 0.15) is 17.4 Å². The molecule has 0 radical (unpaired) electrons. The Balaban J connectivity index is 1.41. The quantitative estimate of drug-likeness (QED) is 0.242. The second-order valence-electron chi connectivity index (χ2n) is 8.52. The molecule has 0 saturated carbocycles. The van der Waals surface area contributed by atoms with Crippen molar-refractivity contribution in [2.45, 2.75) is 19.4 Å². The first kappa shape index (κ1) is 25.9. The van der Waals surface area contributed by atoms with Gasteiger partial charge in [-0.3, -0.25) is 14.6 Å². The summed E-state index contributed by atoms with van der Waals surface area (Å²) in [6.45, 7) is 2.80. The number of thiophene rings is 1. The SMILES string of the molecule is CCn1cncc1-c1cc2nccc(Oc3ccc(C(C(N)=O)C(=O)Nc4ccccc4OC)cc3F)c2s1. The van der Waals surface area contributed by atoms with Crippen molar-refractivity contribution in [1.82, 2.24) is 14.5 Å². The molecule has 5 aromatic rings. The monoisotopic (exact) mass is 545 g/mol. The van der Waals surface area contributed by atoms with E-state index in [1.807, 2.05) is 17.6 Å². The first-order chi connectivity index (χ1) is 18.9. The molecule has 5 rings (SSSR count). The van der Waals surface area contributed by atoms with E-state index in [1.54, 1.807) is 49.1 Å². The highest BCUT2D eigenvalue weighted by Crippen LogP contribution is 2.40. The molecule has 0 bridgehead atoms. The number of carbonyl (C=O) groups excluding carboxylic acids is 2. The van der Waals surface area contributed by atoms with Gasteiger partial charge in [0.15, 0.2) is 11.6 Å². The lowest BCUT2D eigenvalue weighted by molar-refractivity contribution is -0.127. The Bertz CT molecular complexity index is 1680. The van der Waals surface area contributed by atoms with Crippen LogP contribution in [0.5, 0.6) is 17.2 Å². The van der Waals surface area contributed by atoms with Crippen LogP contribution in [-0.4, -0.2) is 33.5 Å². The van der Waals surface area contributed by atoms with Gasteiger partial charge in [0, 0.05) is 18.8 Å². The molecule has 1 unspecified atom stereocenters. The molecule has 3 aromatic heterocycles. The van der Waals surface area contributed by atoms with Gasteiger partial charge in [-0.15, -0.1) is 11.3 Å². The molecule has 39 heavy (non-hydrogen) atoms. The number of hydrogen-bond donors (Lipinski definition) is 2. The molecule has 0 fully saturated rings. The van der Waals surface area contributed by atoms with E-state index in [0.29, 0.717) is 22.7 Å². The number of hydrogen-bond acceptors (Lipinski definition) is 7. The molecule has 0 aliphatic rings. The molecule has 2 aromatic carbocycles. The molecule has 9 nitrogen and oxygen atoms in total. The molecule has 0 saturated heterocycles. The number of carbonyl (C=O) groups is 2. The Morgan fingerprint density at radius 1 is 1.13 bits per heavy atom. The van der Waals surface area contributed by atoms with Crippen LogP contribution in [0.25, 0.3) is 20.8 Å². The van der Waals surface area contributed by atoms with Crippen molar-refractivity contribution in [3.63, 3.8) is 0 Å². The van der Waals surface area contributed by atoms with Crippen molar-refractivity contribution in [3.05, 3.63) is 84.7 Å². The van der Waals surface area contributed by atoms with Gasteiger partial charge in [-0.25, -0.2) is 9.37 Å². The van der Waals surface area contributed by atoms with Gasteiger partial charge in [-0.1, -0.05) is 18.2 Å². The number of anilines is 1. The standard InChI is InChI=1S/C28H24FN5O4S/c1-3-34-15-31-14-20(34)24-13-19-26(39-24)23(10-11-32-19)38-21-9-8-16(12-17(21)29)25(27(30)35)28(36)33-18-6-4-5-7-22(18)37-2/h4-15,25H,3H2,1-2H3,(H2,30,35)(H,33,36). The zero-order chi connectivity index (χ0) is 27.5. The molecule has 0 aliphatic carbocycles. The summed E-state index contributed by atoms with van der Waals surface area (Å²) in [6, 6.07) is 14.2. The molecule has 11 heteroatoms. The highest BCUT2D eigenvalue weighted by Gasteiger charge is 2.28. The van der Waals surface area contributed by atoms with E-state index in [9.17, 15) is 9.59 Å². The summed E-state index contributed by atoms with van der Waals surface area (Å²) in [5, 5.41) is 2.63. The number of para-hydroxylation sites is 2. The van der Waals surface area contributed by atoms with Crippen LogP contribution in [0, 0.1) is 5.82 Å². The molecule has 1 atom stereocenters. The number of nitrogens with two attached hydrogens (primary N) is 1. The fraction of sp³-hybridized carbons (Fsp3) is 0.143. The Hall–Kier alpha value is -4.77. The number of rotatable bonds is 9. The van der Waals surface area contributed by atoms with Gasteiger partial charge in [0.2, 0.25) is 11.8 Å². The number of halogens is 1. The Morgan fingerprint density at radius 2 is 1.95 bits per heavy atom. The van der Waals surface area contributed by atoms with Crippen LogP contribution in [0.2, 0.25) is 0 Å². The maximum atomic E-state index is 15.2. The van der Waals surface area contributed by atoms with Gasteiger partial charge in [0.05, 0.1) is 46.1 Å². The van der Waals surface area contributed by atoms with Crippen LogP contribution in [0.1, 0.15) is 18.4 Å². The lowest BCUT2D eigenvalue weighted by Crippen LogP contribution is -2.32. The minimum absolute atomic E-state index is 0.0758. The molecular formula is C28H24FN5O4S. The summed E-state index contributed by atoms with van der Waals surface area (Å²) >= 11 is 1.46. The van der Waals surface area contributed by atoms with Gasteiger partial charge in [-0.2, -0.15) is 0 Å². The maximum Gasteiger partial charge on any atom is 0.241 e. The van der Waals surface area contributed by atoms with Crippen molar-refractivity contribution in [2.24, 2.45) is 5.73 Å². The van der Waals surface area contributed by atoms with E-state index in [2.05, 4.69) is 15.3 Å². The van der Waals surface area contributed by atoms with E-state index in [4.69, 9.17) is 15.2 Å². The number of nitrogens with one attached hydrogen (secondary N) is 1. The molecule has 2 amide bonds. The second kappa shape index (κ2) is 10.9. The topological polar surface area (TPSA) is 121 Å². The smallest absolute Gasteiger partial charge is 0.241 e. The number of primary amides is 1. The Kier molecular flexibility index (Phi) is 7.24. The first-order valence-corrected chi connectivity index (χ1v) is 12.8. The third-order valence-corrected chi connectivity index (χ3v) is 7.26. The highest BCUT2D eigenvalue weighted by molar-refractivity contribution is 7.22. The fourth-order valence-electron chi connectivity index (χ4n) is 4.19. The van der Waals surface area contributed by atoms with E-state index < -0.39 is 23.5 Å². The largest absolute Gasteiger partial charge is 0.495 e. The number of amides is 2. The van der Waals surface area contributed by atoms with Crippen LogP contribution >= 0.6 is 11.3 Å². The van der Waals surface area contributed by atoms with Crippen LogP contribution in [0.15, 0.2) is 73.3 Å². The number of aromatic nitrogens is 3. The van der Waals surface area contributed by atoms with Crippen molar-refractivity contribution in [1.29, 1.82) is 0 Å². The lowest BCUT2D eigenvalue weighted by atomic mass is 9.97. The van der Waals surface area contributed by atoms with Gasteiger partial charge in [0.25, 0.3) is 0 Å². The zero-order valence-corrected chi connectivity index (χ0v) is 21.9. The van der Waals surface area contributed by atoms with E-state index in [1.165, 1.54) is 30.6 Å². The minimum Gasteiger partial charge on any atom is -0.495 e. The molecule has 0 spiro atoms. The molecule has 198 valence electrons. The number of fused-ring (bicyclic) bond motifs is 1. The molecule has 3 N–H and O–H groups in total. The van der Waals surface area contributed by atoms with Gasteiger partial charge < -0.3 is 25.1 Å². The van der Waals surface area contributed by atoms with Crippen LogP contribution in [0.3, 0.4) is 0 Å². The second-order valence-corrected chi connectivity index (χ2v) is 9.57. The van der Waals surface area contributed by atoms with Crippen molar-refractivity contribution >= 4 is 39.1 Å². The molecule has 3 heterocycles. The summed E-state index contributed by atoms with van der Waals surface area (Å²) in [5.41, 5.74) is 7.63. The van der Waals surface area contributed by atoms with Crippen molar-refractivity contribution in [3.8, 4) is 27.8 Å². The molecular weight excluding hydrogens is 521 g/mol. The predicted molar refractivity (Wildman–Crippen MR) is 147 cm³/mol. The van der Waals surface area contributed by atoms with Crippen LogP contribution in [0.4, 0.5) is 10.1 Å². The average molecular weight is 546 g/mol. The van der Waals surface area contributed by atoms with Crippen LogP contribution < -0.4 is 20.5 Å². The number of nitrogens with zero attached hydrogens (tertiary/aromatic N) is 3. The van der Waals surface area contributed by atoms with Crippen molar-refractivity contribution in [2.75, 3.05) is 12.4 Å². The minimum atomic E-state index is -1.44. The highest BCUT2D eigenvalue weighted by atomic mass is 32.1. The Morgan fingerprint density at radius 3 is 2.69 bits per heavy atom. The van der Waals surface area contributed by atoms with Gasteiger partial charge >= 0.3 is 0 Å². The number of benzene rings is 2. The summed E-state index contributed by atoms with van der Waals surface area (Å²) in [7, 11) is 1.46. The average Bonchev–Trinajstić information content (AvgIpc) is 3.57. The maximum absolute atomic E-state index is 15.2. The number of aryl methyl sites for hydroxylation is 1. The number of ether oxygens (including phenoxy) is 2. The molecule has 0 aliphatic heterocycles. The van der Waals surface area contributed by atoms with E-state index in [-0.39, 0.29) is 11.3 Å². The fourth-order valence-corrected chi connectivity index (χ4v) is 5.29. The van der Waals surface area contributed by atoms with Crippen molar-refractivity contribution < 1.29 is 23.5 Å². The summed E-state index contributed by atoms with van der Waals surface area (Å²) in [4.78, 5) is 34.8. The van der Waals surface area contributed by atoms with E-state index >= 15 is 4.39 Å².